The van der Waals surface area contributed by atoms with Gasteiger partial charge in [-0.3, -0.25) is 4.98 Å². The van der Waals surface area contributed by atoms with Crippen molar-refractivity contribution in [3.05, 3.63) is 47.8 Å². The molecule has 0 saturated carbocycles. The standard InChI is InChI=1S/C17H12F3N5O/c1-2-26-13-6-10(14-4-3-12(9-22-14)17(18,19)20)5-11(7-13)16-15(8-21)23-25-24-16/h3-7,9H,2H2,1H3,(H,23,24,25). The molecule has 6 nitrogen and oxygen atoms in total. The fourth-order valence-corrected chi connectivity index (χ4v) is 2.37. The summed E-state index contributed by atoms with van der Waals surface area (Å²) in [4.78, 5) is 3.90. The predicted molar refractivity (Wildman–Crippen MR) is 85.9 cm³/mol. The summed E-state index contributed by atoms with van der Waals surface area (Å²) in [6, 6.07) is 9.20. The number of hydrogen-bond donors (Lipinski definition) is 1. The number of alkyl halides is 3. The second kappa shape index (κ2) is 6.84. The van der Waals surface area contributed by atoms with Crippen LogP contribution in [0.25, 0.3) is 22.5 Å². The van der Waals surface area contributed by atoms with Gasteiger partial charge in [0.15, 0.2) is 5.69 Å². The van der Waals surface area contributed by atoms with E-state index >= 15 is 0 Å². The zero-order valence-corrected chi connectivity index (χ0v) is 13.5. The molecule has 26 heavy (non-hydrogen) atoms. The van der Waals surface area contributed by atoms with Crippen molar-refractivity contribution < 1.29 is 17.9 Å². The summed E-state index contributed by atoms with van der Waals surface area (Å²) >= 11 is 0. The van der Waals surface area contributed by atoms with Gasteiger partial charge in [0.2, 0.25) is 0 Å². The van der Waals surface area contributed by atoms with Crippen LogP contribution in [-0.2, 0) is 6.18 Å². The van der Waals surface area contributed by atoms with Gasteiger partial charge in [0.05, 0.1) is 17.9 Å². The zero-order chi connectivity index (χ0) is 18.7. The van der Waals surface area contributed by atoms with Crippen LogP contribution in [-0.4, -0.2) is 27.0 Å². The average molecular weight is 359 g/mol. The number of H-pyrrole nitrogens is 1. The number of nitriles is 1. The summed E-state index contributed by atoms with van der Waals surface area (Å²) in [6.45, 7) is 2.20. The highest BCUT2D eigenvalue weighted by Crippen LogP contribution is 2.33. The molecule has 1 aromatic carbocycles. The van der Waals surface area contributed by atoms with Gasteiger partial charge in [-0.2, -0.15) is 18.4 Å². The van der Waals surface area contributed by atoms with Gasteiger partial charge in [-0.25, -0.2) is 5.10 Å². The number of pyridine rings is 1. The molecule has 132 valence electrons. The molecular weight excluding hydrogens is 347 g/mol. The number of aromatic amines is 1. The first-order valence-corrected chi connectivity index (χ1v) is 7.55. The highest BCUT2D eigenvalue weighted by atomic mass is 19.4. The second-order valence-electron chi connectivity index (χ2n) is 5.26. The lowest BCUT2D eigenvalue weighted by molar-refractivity contribution is -0.137. The van der Waals surface area contributed by atoms with E-state index in [1.165, 1.54) is 6.07 Å². The first-order chi connectivity index (χ1) is 12.4. The average Bonchev–Trinajstić information content (AvgIpc) is 3.10. The van der Waals surface area contributed by atoms with Crippen LogP contribution in [0.1, 0.15) is 18.2 Å². The van der Waals surface area contributed by atoms with E-state index in [1.54, 1.807) is 25.1 Å². The summed E-state index contributed by atoms with van der Waals surface area (Å²) in [5, 5.41) is 19.1. The summed E-state index contributed by atoms with van der Waals surface area (Å²) in [5.74, 6) is 0.480. The van der Waals surface area contributed by atoms with E-state index in [0.29, 0.717) is 34.9 Å². The molecule has 9 heteroatoms. The maximum atomic E-state index is 12.7. The predicted octanol–water partition coefficient (Wildman–Crippen LogP) is 3.82. The molecule has 0 aliphatic rings. The first kappa shape index (κ1) is 17.4. The molecule has 1 N–H and O–H groups in total. The van der Waals surface area contributed by atoms with Crippen molar-refractivity contribution >= 4 is 0 Å². The van der Waals surface area contributed by atoms with Gasteiger partial charge in [-0.05, 0) is 37.3 Å². The van der Waals surface area contributed by atoms with Crippen LogP contribution < -0.4 is 4.74 Å². The highest BCUT2D eigenvalue weighted by molar-refractivity contribution is 5.74. The molecule has 0 amide bonds. The lowest BCUT2D eigenvalue weighted by Crippen LogP contribution is -2.05. The fourth-order valence-electron chi connectivity index (χ4n) is 2.37. The minimum atomic E-state index is -4.45. The van der Waals surface area contributed by atoms with Gasteiger partial charge in [0, 0.05) is 17.3 Å². The van der Waals surface area contributed by atoms with Crippen molar-refractivity contribution in [2.24, 2.45) is 0 Å². The van der Waals surface area contributed by atoms with E-state index < -0.39 is 11.7 Å². The Kier molecular flexibility index (Phi) is 4.58. The number of nitrogens with one attached hydrogen (secondary N) is 1. The van der Waals surface area contributed by atoms with Crippen molar-refractivity contribution in [2.75, 3.05) is 6.61 Å². The Balaban J connectivity index is 2.08. The van der Waals surface area contributed by atoms with Crippen LogP contribution in [0.2, 0.25) is 0 Å². The number of nitrogens with zero attached hydrogens (tertiary/aromatic N) is 4. The van der Waals surface area contributed by atoms with E-state index in [4.69, 9.17) is 10.00 Å². The van der Waals surface area contributed by atoms with Gasteiger partial charge in [0.1, 0.15) is 17.5 Å². The Morgan fingerprint density at radius 3 is 2.58 bits per heavy atom. The molecule has 0 aliphatic carbocycles. The van der Waals surface area contributed by atoms with Gasteiger partial charge < -0.3 is 4.74 Å². The Morgan fingerprint density at radius 1 is 1.19 bits per heavy atom. The van der Waals surface area contributed by atoms with Gasteiger partial charge in [-0.15, -0.1) is 5.10 Å². The second-order valence-corrected chi connectivity index (χ2v) is 5.26. The molecule has 0 bridgehead atoms. The fraction of sp³-hybridized carbons (Fsp3) is 0.176. The Bertz CT molecular complexity index is 958. The maximum absolute atomic E-state index is 12.7. The lowest BCUT2D eigenvalue weighted by atomic mass is 10.0. The van der Waals surface area contributed by atoms with Gasteiger partial charge in [-0.1, -0.05) is 5.21 Å². The van der Waals surface area contributed by atoms with Crippen molar-refractivity contribution in [1.82, 2.24) is 20.4 Å². The largest absolute Gasteiger partial charge is 0.494 e. The third kappa shape index (κ3) is 3.49. The minimum absolute atomic E-state index is 0.171. The van der Waals surface area contributed by atoms with Crippen LogP contribution in [0.15, 0.2) is 36.5 Å². The van der Waals surface area contributed by atoms with Crippen molar-refractivity contribution in [3.63, 3.8) is 0 Å². The SMILES string of the molecule is CCOc1cc(-c2ccc(C(F)(F)F)cn2)cc(-c2nn[nH]c2C#N)c1. The quantitative estimate of drug-likeness (QED) is 0.765. The molecule has 0 radical (unpaired) electrons. The van der Waals surface area contributed by atoms with Crippen molar-refractivity contribution in [2.45, 2.75) is 13.1 Å². The molecule has 0 saturated heterocycles. The molecule has 0 unspecified atom stereocenters. The molecule has 2 aromatic heterocycles. The third-order valence-corrected chi connectivity index (χ3v) is 3.54. The number of ether oxygens (including phenoxy) is 1. The summed E-state index contributed by atoms with van der Waals surface area (Å²) in [5.41, 5.74) is 1.07. The molecule has 3 rings (SSSR count). The Morgan fingerprint density at radius 2 is 1.96 bits per heavy atom. The zero-order valence-electron chi connectivity index (χ0n) is 13.5. The Labute approximate surface area is 146 Å². The van der Waals surface area contributed by atoms with E-state index in [-0.39, 0.29) is 5.69 Å². The normalized spacial score (nSPS) is 11.2. The molecule has 2 heterocycles. The van der Waals surface area contributed by atoms with Crippen LogP contribution in [0.5, 0.6) is 5.75 Å². The van der Waals surface area contributed by atoms with E-state index in [1.807, 2.05) is 6.07 Å². The minimum Gasteiger partial charge on any atom is -0.494 e. The summed E-state index contributed by atoms with van der Waals surface area (Å²) < 4.78 is 43.6. The summed E-state index contributed by atoms with van der Waals surface area (Å²) in [6.07, 6.45) is -3.68. The van der Waals surface area contributed by atoms with Gasteiger partial charge >= 0.3 is 6.18 Å². The number of benzene rings is 1. The number of rotatable bonds is 4. The van der Waals surface area contributed by atoms with Crippen LogP contribution >= 0.6 is 0 Å². The Hall–Kier alpha value is -3.41. The maximum Gasteiger partial charge on any atom is 0.417 e. The van der Waals surface area contributed by atoms with E-state index in [9.17, 15) is 13.2 Å². The molecule has 0 spiro atoms. The first-order valence-electron chi connectivity index (χ1n) is 7.55. The lowest BCUT2D eigenvalue weighted by Gasteiger charge is -2.10. The third-order valence-electron chi connectivity index (χ3n) is 3.54. The van der Waals surface area contributed by atoms with E-state index in [2.05, 4.69) is 20.4 Å². The molecule has 0 atom stereocenters. The van der Waals surface area contributed by atoms with Crippen molar-refractivity contribution in [1.29, 1.82) is 5.26 Å². The number of aromatic nitrogens is 4. The smallest absolute Gasteiger partial charge is 0.417 e. The molecular formula is C17H12F3N5O. The number of halogens is 3. The number of hydrogen-bond acceptors (Lipinski definition) is 5. The van der Waals surface area contributed by atoms with Crippen molar-refractivity contribution in [3.8, 4) is 34.3 Å². The van der Waals surface area contributed by atoms with Gasteiger partial charge in [0.25, 0.3) is 0 Å². The highest BCUT2D eigenvalue weighted by Gasteiger charge is 2.30. The topological polar surface area (TPSA) is 87.5 Å². The molecule has 0 fully saturated rings. The monoisotopic (exact) mass is 359 g/mol. The molecule has 0 aliphatic heterocycles. The molecule has 3 aromatic rings. The summed E-state index contributed by atoms with van der Waals surface area (Å²) in [7, 11) is 0. The van der Waals surface area contributed by atoms with Crippen LogP contribution in [0.3, 0.4) is 0 Å². The van der Waals surface area contributed by atoms with Crippen LogP contribution in [0.4, 0.5) is 13.2 Å². The van der Waals surface area contributed by atoms with E-state index in [0.717, 1.165) is 12.3 Å². The van der Waals surface area contributed by atoms with Crippen LogP contribution in [0, 0.1) is 11.3 Å².